The summed E-state index contributed by atoms with van der Waals surface area (Å²) >= 11 is 0. The van der Waals surface area contributed by atoms with Gasteiger partial charge in [-0.2, -0.15) is 0 Å². The van der Waals surface area contributed by atoms with Gasteiger partial charge in [-0.3, -0.25) is 0 Å². The molecular weight excluding hydrogens is 354 g/mol. The molecule has 1 atom stereocenters. The number of sulfonamides is 1. The minimum absolute atomic E-state index is 0.0384. The molecule has 1 aliphatic heterocycles. The first-order chi connectivity index (χ1) is 12.4. The molecule has 2 aromatic heterocycles. The van der Waals surface area contributed by atoms with Crippen molar-refractivity contribution in [3.05, 3.63) is 42.0 Å². The molecule has 0 bridgehead atoms. The number of ether oxygens (including phenoxy) is 1. The average Bonchev–Trinajstić information content (AvgIpc) is 3.22. The van der Waals surface area contributed by atoms with Gasteiger partial charge in [-0.15, -0.1) is 0 Å². The first kappa shape index (κ1) is 18.9. The summed E-state index contributed by atoms with van der Waals surface area (Å²) in [6.07, 6.45) is 3.45. The van der Waals surface area contributed by atoms with E-state index in [4.69, 9.17) is 9.15 Å². The maximum absolute atomic E-state index is 12.7. The van der Waals surface area contributed by atoms with Crippen molar-refractivity contribution in [1.82, 2.24) is 9.71 Å². The summed E-state index contributed by atoms with van der Waals surface area (Å²) in [6.45, 7) is 4.74. The molecule has 1 fully saturated rings. The quantitative estimate of drug-likeness (QED) is 0.796. The van der Waals surface area contributed by atoms with Crippen LogP contribution in [0.3, 0.4) is 0 Å². The Bertz CT molecular complexity index is 848. The lowest BCUT2D eigenvalue weighted by molar-refractivity contribution is 0.162. The van der Waals surface area contributed by atoms with Crippen LogP contribution in [-0.2, 0) is 21.4 Å². The number of rotatable bonds is 7. The van der Waals surface area contributed by atoms with E-state index >= 15 is 0 Å². The van der Waals surface area contributed by atoms with E-state index in [0.29, 0.717) is 12.4 Å². The van der Waals surface area contributed by atoms with E-state index in [9.17, 15) is 8.42 Å². The van der Waals surface area contributed by atoms with Gasteiger partial charge in [0.15, 0.2) is 0 Å². The summed E-state index contributed by atoms with van der Waals surface area (Å²) in [6, 6.07) is 6.84. The maximum Gasteiger partial charge on any atom is 0.244 e. The Morgan fingerprint density at radius 2 is 2.19 bits per heavy atom. The molecule has 0 radical (unpaired) electrons. The van der Waals surface area contributed by atoms with Crippen molar-refractivity contribution in [3.8, 4) is 0 Å². The molecule has 2 aromatic rings. The van der Waals surface area contributed by atoms with Crippen molar-refractivity contribution in [2.75, 3.05) is 18.6 Å². The number of pyridine rings is 1. The van der Waals surface area contributed by atoms with Gasteiger partial charge in [0.05, 0.1) is 6.04 Å². The SMILES string of the molecule is COCc1ccc(C2CCCN2c2ncccc2S(=O)(=O)NC(C)C)o1. The lowest BCUT2D eigenvalue weighted by Gasteiger charge is -2.26. The second-order valence-electron chi connectivity index (χ2n) is 6.69. The highest BCUT2D eigenvalue weighted by Gasteiger charge is 2.33. The summed E-state index contributed by atoms with van der Waals surface area (Å²) in [5, 5.41) is 0. The Hall–Kier alpha value is -1.90. The van der Waals surface area contributed by atoms with Crippen molar-refractivity contribution in [2.45, 2.75) is 50.3 Å². The highest BCUT2D eigenvalue weighted by Crippen LogP contribution is 2.38. The van der Waals surface area contributed by atoms with Gasteiger partial charge in [0.1, 0.15) is 28.8 Å². The standard InChI is InChI=1S/C18H25N3O4S/c1-13(2)20-26(22,23)17-7-4-10-19-18(17)21-11-5-6-15(21)16-9-8-14(25-16)12-24-3/h4,7-10,13,15,20H,5-6,11-12H2,1-3H3. The molecule has 0 aliphatic carbocycles. The van der Waals surface area contributed by atoms with Gasteiger partial charge in [0, 0.05) is 25.9 Å². The Labute approximate surface area is 154 Å². The van der Waals surface area contributed by atoms with E-state index < -0.39 is 10.0 Å². The number of nitrogens with zero attached hydrogens (tertiary/aromatic N) is 2. The number of hydrogen-bond acceptors (Lipinski definition) is 6. The van der Waals surface area contributed by atoms with Gasteiger partial charge < -0.3 is 14.1 Å². The van der Waals surface area contributed by atoms with Gasteiger partial charge in [-0.25, -0.2) is 18.1 Å². The van der Waals surface area contributed by atoms with Gasteiger partial charge in [-0.1, -0.05) is 0 Å². The van der Waals surface area contributed by atoms with Crippen molar-refractivity contribution < 1.29 is 17.6 Å². The number of furan rings is 1. The van der Waals surface area contributed by atoms with E-state index in [2.05, 4.69) is 9.71 Å². The van der Waals surface area contributed by atoms with Crippen LogP contribution < -0.4 is 9.62 Å². The van der Waals surface area contributed by atoms with Crippen LogP contribution in [0.4, 0.5) is 5.82 Å². The Morgan fingerprint density at radius 3 is 2.92 bits per heavy atom. The maximum atomic E-state index is 12.7. The van der Waals surface area contributed by atoms with Crippen molar-refractivity contribution in [2.24, 2.45) is 0 Å². The predicted octanol–water partition coefficient (Wildman–Crippen LogP) is 2.85. The summed E-state index contributed by atoms with van der Waals surface area (Å²) in [5.74, 6) is 2.03. The van der Waals surface area contributed by atoms with Crippen LogP contribution in [0.25, 0.3) is 0 Å². The zero-order valence-electron chi connectivity index (χ0n) is 15.3. The number of hydrogen-bond donors (Lipinski definition) is 1. The van der Waals surface area contributed by atoms with Crippen molar-refractivity contribution in [1.29, 1.82) is 0 Å². The van der Waals surface area contributed by atoms with Crippen LogP contribution in [-0.4, -0.2) is 33.1 Å². The second-order valence-corrected chi connectivity index (χ2v) is 8.37. The third-order valence-corrected chi connectivity index (χ3v) is 5.93. The molecule has 0 amide bonds. The highest BCUT2D eigenvalue weighted by atomic mass is 32.2. The molecule has 0 saturated carbocycles. The Morgan fingerprint density at radius 1 is 1.38 bits per heavy atom. The first-order valence-corrected chi connectivity index (χ1v) is 10.2. The topological polar surface area (TPSA) is 84.7 Å². The lowest BCUT2D eigenvalue weighted by atomic mass is 10.1. The molecule has 0 spiro atoms. The van der Waals surface area contributed by atoms with Gasteiger partial charge >= 0.3 is 0 Å². The van der Waals surface area contributed by atoms with E-state index in [-0.39, 0.29) is 17.0 Å². The highest BCUT2D eigenvalue weighted by molar-refractivity contribution is 7.89. The summed E-state index contributed by atoms with van der Waals surface area (Å²) in [4.78, 5) is 6.61. The average molecular weight is 379 g/mol. The smallest absolute Gasteiger partial charge is 0.244 e. The van der Waals surface area contributed by atoms with E-state index in [1.54, 1.807) is 39.3 Å². The van der Waals surface area contributed by atoms with Crippen molar-refractivity contribution in [3.63, 3.8) is 0 Å². The molecule has 0 aromatic carbocycles. The van der Waals surface area contributed by atoms with Crippen LogP contribution in [0, 0.1) is 0 Å². The third kappa shape index (κ3) is 3.92. The van der Waals surface area contributed by atoms with Crippen LogP contribution in [0.1, 0.15) is 44.3 Å². The molecule has 3 rings (SSSR count). The predicted molar refractivity (Wildman–Crippen MR) is 98.4 cm³/mol. The number of methoxy groups -OCH3 is 1. The number of nitrogens with one attached hydrogen (secondary N) is 1. The fourth-order valence-electron chi connectivity index (χ4n) is 3.29. The molecule has 8 heteroatoms. The summed E-state index contributed by atoms with van der Waals surface area (Å²) < 4.78 is 39.1. The van der Waals surface area contributed by atoms with Crippen LogP contribution >= 0.6 is 0 Å². The molecule has 1 aliphatic rings. The monoisotopic (exact) mass is 379 g/mol. The molecule has 7 nitrogen and oxygen atoms in total. The molecule has 26 heavy (non-hydrogen) atoms. The fraction of sp³-hybridized carbons (Fsp3) is 0.500. The fourth-order valence-corrected chi connectivity index (χ4v) is 4.71. The van der Waals surface area contributed by atoms with Crippen LogP contribution in [0.15, 0.2) is 39.8 Å². The van der Waals surface area contributed by atoms with Crippen LogP contribution in [0.5, 0.6) is 0 Å². The summed E-state index contributed by atoms with van der Waals surface area (Å²) in [5.41, 5.74) is 0. The largest absolute Gasteiger partial charge is 0.461 e. The molecular formula is C18H25N3O4S. The van der Waals surface area contributed by atoms with Crippen molar-refractivity contribution >= 4 is 15.8 Å². The van der Waals surface area contributed by atoms with E-state index in [0.717, 1.165) is 30.9 Å². The van der Waals surface area contributed by atoms with Gasteiger partial charge in [0.2, 0.25) is 10.0 Å². The zero-order chi connectivity index (χ0) is 18.7. The normalized spacial score (nSPS) is 18.0. The van der Waals surface area contributed by atoms with E-state index in [1.165, 1.54) is 0 Å². The molecule has 1 saturated heterocycles. The Kier molecular flexibility index (Phi) is 5.64. The molecule has 1 unspecified atom stereocenters. The first-order valence-electron chi connectivity index (χ1n) is 8.74. The zero-order valence-corrected chi connectivity index (χ0v) is 16.1. The van der Waals surface area contributed by atoms with E-state index in [1.807, 2.05) is 17.0 Å². The van der Waals surface area contributed by atoms with Gasteiger partial charge in [0.25, 0.3) is 0 Å². The Balaban J connectivity index is 1.95. The summed E-state index contributed by atoms with van der Waals surface area (Å²) in [7, 11) is -2.02. The molecule has 142 valence electrons. The minimum atomic E-state index is -3.64. The minimum Gasteiger partial charge on any atom is -0.461 e. The second kappa shape index (κ2) is 7.77. The van der Waals surface area contributed by atoms with Crippen LogP contribution in [0.2, 0.25) is 0 Å². The third-order valence-electron chi connectivity index (χ3n) is 4.25. The molecule has 3 heterocycles. The molecule has 1 N–H and O–H groups in total. The number of aromatic nitrogens is 1. The lowest BCUT2D eigenvalue weighted by Crippen LogP contribution is -2.33. The number of anilines is 1. The van der Waals surface area contributed by atoms with Gasteiger partial charge in [-0.05, 0) is 51.0 Å².